The van der Waals surface area contributed by atoms with Crippen LogP contribution in [0.3, 0.4) is 0 Å². The number of aromatic carboxylic acids is 1. The van der Waals surface area contributed by atoms with Crippen molar-refractivity contribution < 1.29 is 14.3 Å². The molecule has 0 saturated heterocycles. The van der Waals surface area contributed by atoms with Crippen molar-refractivity contribution in [2.24, 2.45) is 0 Å². The molecule has 1 N–H and O–H groups in total. The van der Waals surface area contributed by atoms with Crippen LogP contribution in [0.15, 0.2) is 16.5 Å². The van der Waals surface area contributed by atoms with Gasteiger partial charge < -0.3 is 9.52 Å². The number of hydrogen-bond donors (Lipinski definition) is 1. The summed E-state index contributed by atoms with van der Waals surface area (Å²) in [5, 5.41) is 10.5. The first-order chi connectivity index (χ1) is 8.16. The molecule has 88 valence electrons. The summed E-state index contributed by atoms with van der Waals surface area (Å²) in [6.45, 7) is 0. The van der Waals surface area contributed by atoms with Crippen molar-refractivity contribution >= 4 is 28.5 Å². The molecule has 0 spiro atoms. The quantitative estimate of drug-likeness (QED) is 0.840. The van der Waals surface area contributed by atoms with Crippen molar-refractivity contribution in [2.75, 3.05) is 0 Å². The Balaban J connectivity index is 2.36. The summed E-state index contributed by atoms with van der Waals surface area (Å²) in [7, 11) is 0. The van der Waals surface area contributed by atoms with Crippen LogP contribution in [0.1, 0.15) is 34.5 Å². The molecule has 0 bridgehead atoms. The van der Waals surface area contributed by atoms with Gasteiger partial charge in [0.2, 0.25) is 0 Å². The second-order valence-electron chi connectivity index (χ2n) is 4.35. The Hall–Kier alpha value is -1.48. The van der Waals surface area contributed by atoms with E-state index in [0.29, 0.717) is 10.6 Å². The largest absolute Gasteiger partial charge is 0.478 e. The first kappa shape index (κ1) is 10.7. The maximum atomic E-state index is 11.2. The molecule has 1 aliphatic rings. The lowest BCUT2D eigenvalue weighted by Crippen LogP contribution is -1.98. The summed E-state index contributed by atoms with van der Waals surface area (Å²) in [5.41, 5.74) is 1.76. The standard InChI is InChI=1S/C13H11ClO3/c14-7-5-9-8-3-1-2-4-11(8)17-12(9)10(6-7)13(15)16/h5-6H,1-4H2,(H,15,16). The van der Waals surface area contributed by atoms with Crippen LogP contribution in [-0.4, -0.2) is 11.1 Å². The SMILES string of the molecule is O=C(O)c1cc(Cl)cc2c3c(oc12)CCCC3. The van der Waals surface area contributed by atoms with Gasteiger partial charge in [-0.3, -0.25) is 0 Å². The molecular formula is C13H11ClO3. The van der Waals surface area contributed by atoms with Crippen LogP contribution in [0.5, 0.6) is 0 Å². The molecule has 0 radical (unpaired) electrons. The average molecular weight is 251 g/mol. The summed E-state index contributed by atoms with van der Waals surface area (Å²) in [6.07, 6.45) is 4.06. The van der Waals surface area contributed by atoms with Crippen LogP contribution in [0, 0.1) is 0 Å². The van der Waals surface area contributed by atoms with Gasteiger partial charge in [0.15, 0.2) is 0 Å². The highest BCUT2D eigenvalue weighted by Crippen LogP contribution is 2.35. The Morgan fingerprint density at radius 1 is 1.29 bits per heavy atom. The molecule has 4 heteroatoms. The summed E-state index contributed by atoms with van der Waals surface area (Å²) >= 11 is 5.96. The van der Waals surface area contributed by atoms with E-state index < -0.39 is 5.97 Å². The minimum atomic E-state index is -0.997. The highest BCUT2D eigenvalue weighted by atomic mass is 35.5. The molecule has 0 atom stereocenters. The fourth-order valence-electron chi connectivity index (χ4n) is 2.48. The van der Waals surface area contributed by atoms with E-state index in [1.165, 1.54) is 6.07 Å². The van der Waals surface area contributed by atoms with Crippen LogP contribution in [0.2, 0.25) is 5.02 Å². The molecule has 1 aliphatic carbocycles. The number of carbonyl (C=O) groups is 1. The molecular weight excluding hydrogens is 240 g/mol. The van der Waals surface area contributed by atoms with Crippen LogP contribution >= 0.6 is 11.6 Å². The Kier molecular flexibility index (Phi) is 2.37. The van der Waals surface area contributed by atoms with Crippen molar-refractivity contribution in [3.63, 3.8) is 0 Å². The van der Waals surface area contributed by atoms with Gasteiger partial charge in [-0.25, -0.2) is 4.79 Å². The Morgan fingerprint density at radius 2 is 2.06 bits per heavy atom. The molecule has 0 amide bonds. The maximum Gasteiger partial charge on any atom is 0.339 e. The van der Waals surface area contributed by atoms with Gasteiger partial charge in [-0.1, -0.05) is 11.6 Å². The van der Waals surface area contributed by atoms with E-state index in [9.17, 15) is 4.79 Å². The number of benzene rings is 1. The maximum absolute atomic E-state index is 11.2. The molecule has 3 nitrogen and oxygen atoms in total. The van der Waals surface area contributed by atoms with Gasteiger partial charge in [-0.15, -0.1) is 0 Å². The van der Waals surface area contributed by atoms with Gasteiger partial charge >= 0.3 is 5.97 Å². The van der Waals surface area contributed by atoms with Crippen molar-refractivity contribution in [3.8, 4) is 0 Å². The van der Waals surface area contributed by atoms with Crippen molar-refractivity contribution in [3.05, 3.63) is 34.0 Å². The topological polar surface area (TPSA) is 50.4 Å². The van der Waals surface area contributed by atoms with Gasteiger partial charge in [-0.05, 0) is 31.4 Å². The van der Waals surface area contributed by atoms with Gasteiger partial charge in [0.25, 0.3) is 0 Å². The van der Waals surface area contributed by atoms with Crippen LogP contribution < -0.4 is 0 Å². The number of furan rings is 1. The fraction of sp³-hybridized carbons (Fsp3) is 0.308. The predicted molar refractivity (Wildman–Crippen MR) is 64.8 cm³/mol. The smallest absolute Gasteiger partial charge is 0.339 e. The second-order valence-corrected chi connectivity index (χ2v) is 4.78. The van der Waals surface area contributed by atoms with Crippen LogP contribution in [-0.2, 0) is 12.8 Å². The lowest BCUT2D eigenvalue weighted by molar-refractivity contribution is 0.0698. The number of fused-ring (bicyclic) bond motifs is 3. The van der Waals surface area contributed by atoms with E-state index in [-0.39, 0.29) is 5.56 Å². The van der Waals surface area contributed by atoms with E-state index in [2.05, 4.69) is 0 Å². The average Bonchev–Trinajstić information content (AvgIpc) is 2.66. The highest BCUT2D eigenvalue weighted by Gasteiger charge is 2.22. The van der Waals surface area contributed by atoms with Crippen LogP contribution in [0.25, 0.3) is 11.0 Å². The van der Waals surface area contributed by atoms with Gasteiger partial charge in [-0.2, -0.15) is 0 Å². The van der Waals surface area contributed by atoms with E-state index in [1.807, 2.05) is 0 Å². The molecule has 0 unspecified atom stereocenters. The molecule has 1 aromatic carbocycles. The number of hydrogen-bond acceptors (Lipinski definition) is 2. The third kappa shape index (κ3) is 1.62. The van der Waals surface area contributed by atoms with Crippen molar-refractivity contribution in [1.29, 1.82) is 0 Å². The van der Waals surface area contributed by atoms with E-state index in [1.54, 1.807) is 6.07 Å². The molecule has 1 heterocycles. The number of rotatable bonds is 1. The zero-order valence-electron chi connectivity index (χ0n) is 9.12. The normalized spacial score (nSPS) is 14.9. The van der Waals surface area contributed by atoms with E-state index in [4.69, 9.17) is 21.1 Å². The highest BCUT2D eigenvalue weighted by molar-refractivity contribution is 6.32. The molecule has 17 heavy (non-hydrogen) atoms. The Bertz CT molecular complexity index is 613. The third-order valence-corrected chi connectivity index (χ3v) is 3.47. The number of halogens is 1. The fourth-order valence-corrected chi connectivity index (χ4v) is 2.70. The molecule has 1 aromatic heterocycles. The zero-order valence-corrected chi connectivity index (χ0v) is 9.88. The van der Waals surface area contributed by atoms with Gasteiger partial charge in [0, 0.05) is 22.4 Å². The Labute approximate surface area is 103 Å². The zero-order chi connectivity index (χ0) is 12.0. The van der Waals surface area contributed by atoms with Gasteiger partial charge in [0.1, 0.15) is 16.9 Å². The first-order valence-corrected chi connectivity index (χ1v) is 6.01. The van der Waals surface area contributed by atoms with E-state index >= 15 is 0 Å². The minimum absolute atomic E-state index is 0.155. The molecule has 0 fully saturated rings. The minimum Gasteiger partial charge on any atom is -0.478 e. The van der Waals surface area contributed by atoms with Crippen molar-refractivity contribution in [2.45, 2.75) is 25.7 Å². The lowest BCUT2D eigenvalue weighted by Gasteiger charge is -2.08. The number of aryl methyl sites for hydroxylation is 2. The summed E-state index contributed by atoms with van der Waals surface area (Å²) < 4.78 is 5.70. The summed E-state index contributed by atoms with van der Waals surface area (Å²) in [6, 6.07) is 3.25. The lowest BCUT2D eigenvalue weighted by atomic mass is 9.95. The van der Waals surface area contributed by atoms with Crippen molar-refractivity contribution in [1.82, 2.24) is 0 Å². The predicted octanol–water partition coefficient (Wildman–Crippen LogP) is 3.66. The molecule has 3 rings (SSSR count). The third-order valence-electron chi connectivity index (χ3n) is 3.25. The summed E-state index contributed by atoms with van der Waals surface area (Å²) in [4.78, 5) is 11.2. The number of carboxylic acid groups (broad SMARTS) is 1. The molecule has 0 saturated carbocycles. The van der Waals surface area contributed by atoms with E-state index in [0.717, 1.165) is 42.4 Å². The molecule has 0 aliphatic heterocycles. The summed E-state index contributed by atoms with van der Waals surface area (Å²) in [5.74, 6) is -0.0698. The molecule has 2 aromatic rings. The number of carboxylic acids is 1. The first-order valence-electron chi connectivity index (χ1n) is 5.64. The monoisotopic (exact) mass is 250 g/mol. The van der Waals surface area contributed by atoms with Crippen LogP contribution in [0.4, 0.5) is 0 Å². The second kappa shape index (κ2) is 3.77. The Morgan fingerprint density at radius 3 is 2.82 bits per heavy atom. The van der Waals surface area contributed by atoms with Gasteiger partial charge in [0.05, 0.1) is 0 Å².